The minimum absolute atomic E-state index is 0.0219. The van der Waals surface area contributed by atoms with Gasteiger partial charge in [0.2, 0.25) is 6.08 Å². The molecular formula is C55H49Cl3F3N11O8. The van der Waals surface area contributed by atoms with E-state index in [1.807, 2.05) is 13.8 Å². The number of isocyanates is 1. The van der Waals surface area contributed by atoms with Gasteiger partial charge in [-0.1, -0.05) is 34.8 Å². The highest BCUT2D eigenvalue weighted by atomic mass is 35.5. The molecule has 0 aliphatic carbocycles. The number of carbonyl (C=O) groups is 4. The number of carbonyl (C=O) groups excluding carboxylic acids is 5. The summed E-state index contributed by atoms with van der Waals surface area (Å²) in [7, 11) is 4.54. The first-order valence-electron chi connectivity index (χ1n) is 23.0. The molecule has 8 rings (SSSR count). The molecule has 0 radical (unpaired) electrons. The molecule has 10 N–H and O–H groups in total. The predicted octanol–water partition coefficient (Wildman–Crippen LogP) is 11.8. The second kappa shape index (κ2) is 31.5. The number of aromatic hydroxyl groups is 1. The number of aromatic nitrogens is 3. The van der Waals surface area contributed by atoms with Crippen molar-refractivity contribution in [3.05, 3.63) is 207 Å². The number of urea groups is 1. The monoisotopic (exact) mass is 1150 g/mol. The smallest absolute Gasteiger partial charge is 0.323 e. The van der Waals surface area contributed by atoms with Gasteiger partial charge in [0.1, 0.15) is 63.3 Å². The number of halogens is 6. The third-order valence-electron chi connectivity index (χ3n) is 9.91. The lowest BCUT2D eigenvalue weighted by Crippen LogP contribution is -2.20. The zero-order valence-electron chi connectivity index (χ0n) is 42.9. The second-order valence-electron chi connectivity index (χ2n) is 15.8. The highest BCUT2D eigenvalue weighted by Gasteiger charge is 2.13. The minimum atomic E-state index is -0.685. The number of hydrogen-bond acceptors (Lipinski definition) is 14. The number of hydrogen-bond donors (Lipinski definition) is 8. The Morgan fingerprint density at radius 1 is 0.550 bits per heavy atom. The fourth-order valence-corrected chi connectivity index (χ4v) is 6.28. The number of anilines is 4. The summed E-state index contributed by atoms with van der Waals surface area (Å²) < 4.78 is 51.0. The molecule has 8 aromatic rings. The van der Waals surface area contributed by atoms with Crippen LogP contribution in [0, 0.1) is 31.3 Å². The third kappa shape index (κ3) is 20.7. The number of pyridine rings is 3. The number of benzene rings is 5. The van der Waals surface area contributed by atoms with Crippen LogP contribution in [0.5, 0.6) is 28.7 Å². The second-order valence-corrected chi connectivity index (χ2v) is 17.0. The summed E-state index contributed by atoms with van der Waals surface area (Å²) in [4.78, 5) is 71.1. The van der Waals surface area contributed by atoms with E-state index < -0.39 is 23.5 Å². The Morgan fingerprint density at radius 2 is 1.01 bits per heavy atom. The molecule has 0 unspecified atom stereocenters. The summed E-state index contributed by atoms with van der Waals surface area (Å²) in [6.07, 6.45) is 5.81. The van der Waals surface area contributed by atoms with Crippen molar-refractivity contribution in [2.45, 2.75) is 13.8 Å². The molecule has 0 saturated heterocycles. The molecule has 0 aliphatic heterocycles. The van der Waals surface area contributed by atoms with Crippen LogP contribution >= 0.6 is 34.8 Å². The first-order chi connectivity index (χ1) is 38.1. The van der Waals surface area contributed by atoms with Crippen LogP contribution in [0.25, 0.3) is 0 Å². The molecule has 80 heavy (non-hydrogen) atoms. The number of aryl methyl sites for hydroxylation is 2. The lowest BCUT2D eigenvalue weighted by molar-refractivity contribution is 0.0950. The molecule has 5 aromatic carbocycles. The molecule has 0 saturated carbocycles. The summed E-state index contributed by atoms with van der Waals surface area (Å²) in [6, 6.07) is 30.4. The van der Waals surface area contributed by atoms with Gasteiger partial charge in [-0.25, -0.2) is 22.8 Å². The zero-order valence-corrected chi connectivity index (χ0v) is 45.1. The number of nitrogens with two attached hydrogens (primary N) is 2. The van der Waals surface area contributed by atoms with Crippen molar-refractivity contribution in [3.63, 3.8) is 0 Å². The summed E-state index contributed by atoms with van der Waals surface area (Å²) in [6.45, 7) is 3.66. The Labute approximate surface area is 471 Å². The van der Waals surface area contributed by atoms with E-state index in [2.05, 4.69) is 46.5 Å². The van der Waals surface area contributed by atoms with Gasteiger partial charge in [0.05, 0.1) is 22.7 Å². The number of ether oxygens (including phenoxy) is 2. The highest BCUT2D eigenvalue weighted by molar-refractivity contribution is 6.32. The number of amides is 5. The lowest BCUT2D eigenvalue weighted by atomic mass is 10.2. The number of rotatable bonds is 10. The molecule has 3 aromatic heterocycles. The molecule has 0 spiro atoms. The van der Waals surface area contributed by atoms with Crippen LogP contribution in [0.1, 0.15) is 42.6 Å². The Kier molecular flexibility index (Phi) is 24.7. The maximum Gasteiger partial charge on any atom is 0.323 e. The van der Waals surface area contributed by atoms with Gasteiger partial charge in [-0.3, -0.25) is 29.3 Å². The van der Waals surface area contributed by atoms with Gasteiger partial charge in [0.15, 0.2) is 0 Å². The van der Waals surface area contributed by atoms with Gasteiger partial charge < -0.3 is 52.6 Å². The molecule has 3 heterocycles. The first kappa shape index (κ1) is 62.8. The first-order valence-corrected chi connectivity index (χ1v) is 24.1. The number of nitrogens with zero attached hydrogens (tertiary/aromatic N) is 4. The molecule has 0 fully saturated rings. The van der Waals surface area contributed by atoms with Gasteiger partial charge in [-0.15, -0.1) is 0 Å². The van der Waals surface area contributed by atoms with Crippen LogP contribution in [-0.2, 0) is 4.79 Å². The number of phenolic OH excluding ortho intramolecular Hbond substituents is 1. The minimum Gasteiger partial charge on any atom is -0.508 e. The predicted molar refractivity (Wildman–Crippen MR) is 301 cm³/mol. The summed E-state index contributed by atoms with van der Waals surface area (Å²) >= 11 is 17.3. The van der Waals surface area contributed by atoms with Crippen molar-refractivity contribution in [2.75, 3.05) is 43.2 Å². The van der Waals surface area contributed by atoms with Crippen LogP contribution in [0.15, 0.2) is 151 Å². The zero-order chi connectivity index (χ0) is 58.9. The molecule has 19 nitrogen and oxygen atoms in total. The largest absolute Gasteiger partial charge is 0.508 e. The third-order valence-corrected chi connectivity index (χ3v) is 11.0. The van der Waals surface area contributed by atoms with E-state index >= 15 is 0 Å². The van der Waals surface area contributed by atoms with Crippen molar-refractivity contribution in [1.29, 1.82) is 0 Å². The highest BCUT2D eigenvalue weighted by Crippen LogP contribution is 2.28. The Morgan fingerprint density at radius 3 is 1.48 bits per heavy atom. The molecule has 0 atom stereocenters. The Hall–Kier alpha value is -9.73. The van der Waals surface area contributed by atoms with Gasteiger partial charge in [0.25, 0.3) is 17.7 Å². The lowest BCUT2D eigenvalue weighted by Gasteiger charge is -2.11. The van der Waals surface area contributed by atoms with E-state index in [1.54, 1.807) is 61.6 Å². The average molecular weight is 1160 g/mol. The van der Waals surface area contributed by atoms with Crippen LogP contribution < -0.4 is 47.5 Å². The summed E-state index contributed by atoms with van der Waals surface area (Å²) in [5.74, 6) is -1.67. The standard InChI is InChI=1S/C21H18ClFN4O3.C13H12FN3O2.C8H6ClNO.C7H7ClN2O.C6H6FNO/c1-12-9-13(3-5-16(12)22)26-21(29)27-18-6-4-14(10-17(18)23)30-15-7-8-25-19(11-15)20(28)24-2;1-16-13(18)12-7-9(4-5-17-12)19-8-2-3-11(15)10(14)6-8;1-6-4-7(10-5-11)2-3-8(6)9;1-9-7(11)6-4-5(8)2-3-10-6;7-5-3-4(9)1-2-6(5)8/h3-11H,1-2H3,(H,24,28)(H2,26,27,29);2-7H,15H2,1H3,(H,16,18);2-4H,1H3;2-4H,1H3,(H,9,11);1-3,9H,8H2. The van der Waals surface area contributed by atoms with Gasteiger partial charge in [0, 0.05) is 90.8 Å². The topological polar surface area (TPSA) is 287 Å². The van der Waals surface area contributed by atoms with Gasteiger partial charge in [-0.2, -0.15) is 4.99 Å². The molecular weight excluding hydrogens is 1110 g/mol. The molecule has 414 valence electrons. The Balaban J connectivity index is 0.000000235. The molecule has 5 amide bonds. The van der Waals surface area contributed by atoms with Crippen molar-refractivity contribution in [2.24, 2.45) is 4.99 Å². The van der Waals surface area contributed by atoms with Crippen LogP contribution in [-0.4, -0.2) is 71.0 Å². The van der Waals surface area contributed by atoms with E-state index in [1.165, 1.54) is 99.4 Å². The quantitative estimate of drug-likeness (QED) is 0.0274. The van der Waals surface area contributed by atoms with E-state index in [0.717, 1.165) is 23.3 Å². The van der Waals surface area contributed by atoms with Crippen molar-refractivity contribution in [1.82, 2.24) is 30.9 Å². The van der Waals surface area contributed by atoms with Crippen LogP contribution in [0.2, 0.25) is 15.1 Å². The number of nitrogen functional groups attached to an aromatic ring is 2. The van der Waals surface area contributed by atoms with Crippen molar-refractivity contribution >= 4 is 93.1 Å². The number of aliphatic imine (C=N–C) groups is 1. The maximum atomic E-state index is 14.4. The van der Waals surface area contributed by atoms with E-state index in [9.17, 15) is 37.1 Å². The van der Waals surface area contributed by atoms with Crippen LogP contribution in [0.3, 0.4) is 0 Å². The fraction of sp³-hybridized carbons (Fsp3) is 0.0909. The van der Waals surface area contributed by atoms with Crippen molar-refractivity contribution < 1.29 is 51.7 Å². The van der Waals surface area contributed by atoms with Crippen molar-refractivity contribution in [3.8, 4) is 28.7 Å². The van der Waals surface area contributed by atoms with Gasteiger partial charge in [-0.05, 0) is 122 Å². The summed E-state index contributed by atoms with van der Waals surface area (Å²) in [5.41, 5.74) is 14.1. The van der Waals surface area contributed by atoms with E-state index in [0.29, 0.717) is 49.4 Å². The molecule has 25 heteroatoms. The normalized spacial score (nSPS) is 9.79. The van der Waals surface area contributed by atoms with Gasteiger partial charge >= 0.3 is 6.03 Å². The SMILES string of the molecule is CNC(=O)c1cc(Cl)ccn1.CNC(=O)c1cc(Oc2ccc(N)c(F)c2)ccn1.CNC(=O)c1cc(Oc2ccc(NC(=O)Nc3ccc(Cl)c(C)c3)c(F)c2)ccn1.Cc1cc(N=C=O)ccc1Cl.Nc1ccc(O)cc1F. The Bertz CT molecular complexity index is 3520. The summed E-state index contributed by atoms with van der Waals surface area (Å²) in [5, 5.41) is 22.8. The van der Waals surface area contributed by atoms with Crippen LogP contribution in [0.4, 0.5) is 46.4 Å². The molecule has 0 aliphatic rings. The average Bonchev–Trinajstić information content (AvgIpc) is 3.44. The van der Waals surface area contributed by atoms with E-state index in [4.69, 9.17) is 60.9 Å². The number of phenols is 1. The maximum absolute atomic E-state index is 14.4. The fourth-order valence-electron chi connectivity index (χ4n) is 5.89. The molecule has 0 bridgehead atoms. The van der Waals surface area contributed by atoms with E-state index in [-0.39, 0.29) is 57.7 Å². The number of nitrogens with one attached hydrogen (secondary N) is 5.